The van der Waals surface area contributed by atoms with Gasteiger partial charge in [-0.3, -0.25) is 0 Å². The van der Waals surface area contributed by atoms with Crippen molar-refractivity contribution >= 4 is 76.7 Å². The van der Waals surface area contributed by atoms with Crippen molar-refractivity contribution in [2.75, 3.05) is 13.2 Å². The highest BCUT2D eigenvalue weighted by molar-refractivity contribution is 7.25. The number of hydrogen-bond donors (Lipinski definition) is 0. The van der Waals surface area contributed by atoms with Crippen molar-refractivity contribution in [3.05, 3.63) is 78.0 Å². The van der Waals surface area contributed by atoms with Crippen LogP contribution in [0.1, 0.15) is 48.6 Å². The summed E-state index contributed by atoms with van der Waals surface area (Å²) in [5.74, 6) is 2.03. The Kier molecular flexibility index (Phi) is 6.85. The molecule has 0 aliphatic heterocycles. The summed E-state index contributed by atoms with van der Waals surface area (Å²) >= 11 is 6.29. The maximum Gasteiger partial charge on any atom is 0.271 e. The number of ether oxygens (including phenoxy) is 2. The highest BCUT2D eigenvalue weighted by atomic mass is 32.1. The average molecular weight is 647 g/mol. The third-order valence-electron chi connectivity index (χ3n) is 7.49. The van der Waals surface area contributed by atoms with Crippen LogP contribution in [0.15, 0.2) is 34.3 Å². The quantitative estimate of drug-likeness (QED) is 0.133. The Morgan fingerprint density at radius 3 is 1.48 bits per heavy atom. The van der Waals surface area contributed by atoms with Crippen LogP contribution in [0.25, 0.3) is 61.9 Å². The second-order valence-corrected chi connectivity index (χ2v) is 15.2. The fraction of sp³-hybridized carbons (Fsp3) is 0.235. The molecule has 0 saturated carbocycles. The predicted molar refractivity (Wildman–Crippen MR) is 181 cm³/mol. The molecular formula is C34H22N4O2S4. The molecule has 0 spiro atoms. The van der Waals surface area contributed by atoms with Crippen LogP contribution in [0.4, 0.5) is 0 Å². The minimum atomic E-state index is 0.0770. The first-order chi connectivity index (χ1) is 21.3. The van der Waals surface area contributed by atoms with Crippen molar-refractivity contribution in [3.63, 3.8) is 0 Å². The molecule has 1 aromatic carbocycles. The Bertz CT molecular complexity index is 2100. The zero-order valence-corrected chi connectivity index (χ0v) is 27.4. The van der Waals surface area contributed by atoms with Crippen molar-refractivity contribution < 1.29 is 9.47 Å². The molecule has 2 aliphatic rings. The Morgan fingerprint density at radius 1 is 0.727 bits per heavy atom. The lowest BCUT2D eigenvalue weighted by Crippen LogP contribution is -2.07. The van der Waals surface area contributed by atoms with Crippen LogP contribution < -0.4 is 9.47 Å². The topological polar surface area (TPSA) is 74.8 Å². The smallest absolute Gasteiger partial charge is 0.271 e. The molecule has 0 N–H and O–H groups in total. The maximum absolute atomic E-state index is 9.95. The van der Waals surface area contributed by atoms with E-state index in [0.29, 0.717) is 24.4 Å². The highest BCUT2D eigenvalue weighted by Crippen LogP contribution is 2.65. The molecule has 0 fully saturated rings. The molecule has 214 valence electrons. The monoisotopic (exact) mass is 646 g/mol. The fourth-order valence-electron chi connectivity index (χ4n) is 5.79. The largest absolute Gasteiger partial charge is 0.491 e. The van der Waals surface area contributed by atoms with Gasteiger partial charge in [-0.2, -0.15) is 0 Å². The molecule has 0 atom stereocenters. The Labute approximate surface area is 270 Å². The van der Waals surface area contributed by atoms with Gasteiger partial charge in [-0.1, -0.05) is 27.7 Å². The molecule has 0 unspecified atom stereocenters. The summed E-state index contributed by atoms with van der Waals surface area (Å²) < 4.78 is 15.3. The van der Waals surface area contributed by atoms with Crippen LogP contribution in [0.3, 0.4) is 0 Å². The Balaban J connectivity index is 1.69. The van der Waals surface area contributed by atoms with E-state index in [1.165, 1.54) is 0 Å². The molecule has 6 nitrogen and oxygen atoms in total. The zero-order valence-electron chi connectivity index (χ0n) is 24.1. The number of rotatable bonds is 6. The van der Waals surface area contributed by atoms with Gasteiger partial charge >= 0.3 is 0 Å². The number of nitriles is 2. The maximum atomic E-state index is 9.95. The van der Waals surface area contributed by atoms with Gasteiger partial charge in [0, 0.05) is 52.6 Å². The SMILES string of the molecule is [C-]#[N+]/C(C#N)=C1/c2ccsc2-c2c1sc1c(OCC(C)C)c3c4c(sc3c(OCC(C)C)c21)/C(=C(\C#N)[N+]#[C-])c1ccsc1-4. The summed E-state index contributed by atoms with van der Waals surface area (Å²) in [6, 6.07) is 8.25. The average Bonchev–Trinajstić information content (AvgIpc) is 3.82. The predicted octanol–water partition coefficient (Wildman–Crippen LogP) is 10.7. The number of benzene rings is 1. The molecule has 0 bridgehead atoms. The van der Waals surface area contributed by atoms with Crippen LogP contribution in [0, 0.1) is 47.6 Å². The molecule has 5 aromatic rings. The minimum Gasteiger partial charge on any atom is -0.491 e. The van der Waals surface area contributed by atoms with Crippen molar-refractivity contribution in [3.8, 4) is 44.5 Å². The lowest BCUT2D eigenvalue weighted by Gasteiger charge is -2.17. The van der Waals surface area contributed by atoms with Gasteiger partial charge in [0.05, 0.1) is 47.9 Å². The highest BCUT2D eigenvalue weighted by Gasteiger charge is 2.39. The minimum absolute atomic E-state index is 0.0770. The molecular weight excluding hydrogens is 625 g/mol. The van der Waals surface area contributed by atoms with Gasteiger partial charge in [0.25, 0.3) is 11.4 Å². The van der Waals surface area contributed by atoms with E-state index in [1.807, 2.05) is 22.9 Å². The summed E-state index contributed by atoms with van der Waals surface area (Å²) in [5, 5.41) is 25.8. The first kappa shape index (κ1) is 28.4. The van der Waals surface area contributed by atoms with Crippen molar-refractivity contribution in [1.29, 1.82) is 10.5 Å². The summed E-state index contributed by atoms with van der Waals surface area (Å²) in [6.45, 7) is 25.0. The van der Waals surface area contributed by atoms with Gasteiger partial charge in [0.1, 0.15) is 11.5 Å². The molecule has 10 heteroatoms. The number of thiophene rings is 4. The van der Waals surface area contributed by atoms with E-state index < -0.39 is 0 Å². The van der Waals surface area contributed by atoms with E-state index in [9.17, 15) is 10.5 Å². The fourth-order valence-corrected chi connectivity index (χ4v) is 10.6. The molecule has 4 aromatic heterocycles. The first-order valence-electron chi connectivity index (χ1n) is 13.9. The van der Waals surface area contributed by atoms with E-state index in [2.05, 4.69) is 49.5 Å². The molecule has 44 heavy (non-hydrogen) atoms. The lowest BCUT2D eigenvalue weighted by atomic mass is 10.0. The molecule has 0 saturated heterocycles. The second-order valence-electron chi connectivity index (χ2n) is 11.3. The van der Waals surface area contributed by atoms with Gasteiger partial charge in [0.2, 0.25) is 0 Å². The summed E-state index contributed by atoms with van der Waals surface area (Å²) in [6.07, 6.45) is 0. The van der Waals surface area contributed by atoms with Gasteiger partial charge in [0.15, 0.2) is 0 Å². The van der Waals surface area contributed by atoms with Gasteiger partial charge in [-0.15, -0.1) is 45.3 Å². The van der Waals surface area contributed by atoms with Crippen LogP contribution in [0.2, 0.25) is 0 Å². The van der Waals surface area contributed by atoms with Crippen LogP contribution >= 0.6 is 45.3 Å². The van der Waals surface area contributed by atoms with E-state index >= 15 is 0 Å². The van der Waals surface area contributed by atoms with Crippen molar-refractivity contribution in [1.82, 2.24) is 0 Å². The Morgan fingerprint density at radius 2 is 1.14 bits per heavy atom. The summed E-state index contributed by atoms with van der Waals surface area (Å²) in [5.41, 5.74) is 5.28. The normalized spacial score (nSPS) is 15.0. The molecule has 7 rings (SSSR count). The molecule has 4 heterocycles. The third kappa shape index (κ3) is 3.90. The Hall–Kier alpha value is -4.42. The van der Waals surface area contributed by atoms with Crippen molar-refractivity contribution in [2.24, 2.45) is 11.8 Å². The number of fused-ring (bicyclic) bond motifs is 10. The lowest BCUT2D eigenvalue weighted by molar-refractivity contribution is 0.273. The van der Waals surface area contributed by atoms with E-state index in [1.54, 1.807) is 45.3 Å². The van der Waals surface area contributed by atoms with E-state index in [0.717, 1.165) is 73.4 Å². The molecule has 2 aliphatic carbocycles. The number of nitrogens with zero attached hydrogens (tertiary/aromatic N) is 4. The molecule has 0 radical (unpaired) electrons. The third-order valence-corrected chi connectivity index (χ3v) is 11.8. The van der Waals surface area contributed by atoms with Crippen LogP contribution in [-0.4, -0.2) is 13.2 Å². The van der Waals surface area contributed by atoms with E-state index in [-0.39, 0.29) is 23.2 Å². The van der Waals surface area contributed by atoms with Crippen LogP contribution in [0.5, 0.6) is 11.5 Å². The molecule has 0 amide bonds. The second kappa shape index (κ2) is 10.6. The van der Waals surface area contributed by atoms with Crippen LogP contribution in [-0.2, 0) is 0 Å². The van der Waals surface area contributed by atoms with Gasteiger partial charge < -0.3 is 9.47 Å². The summed E-state index contributed by atoms with van der Waals surface area (Å²) in [7, 11) is 0. The van der Waals surface area contributed by atoms with Crippen molar-refractivity contribution in [2.45, 2.75) is 27.7 Å². The number of allylic oxidation sites excluding steroid dienone is 2. The standard InChI is InChI=1S/C34H22N4O2S4/c1-15(2)13-39-27-23-25-29-17(7-9-41-29)21(19(11-35)37-5)31(25)44-34(23)28(40-14-16(3)4)24-26-30-18(8-10-42-30)22(20(12-36)38-6)32(26)43-33(24)27/h7-10,15-16H,13-14H2,1-4H3/b21-19-,22-20+. The number of hydrogen-bond acceptors (Lipinski definition) is 8. The summed E-state index contributed by atoms with van der Waals surface area (Å²) in [4.78, 5) is 11.1. The zero-order chi connectivity index (χ0) is 30.9. The first-order valence-corrected chi connectivity index (χ1v) is 17.3. The van der Waals surface area contributed by atoms with Gasteiger partial charge in [-0.05, 0) is 45.9 Å². The van der Waals surface area contributed by atoms with Gasteiger partial charge in [-0.25, -0.2) is 20.2 Å². The van der Waals surface area contributed by atoms with E-state index in [4.69, 9.17) is 22.6 Å².